The van der Waals surface area contributed by atoms with Gasteiger partial charge >= 0.3 is 6.18 Å². The van der Waals surface area contributed by atoms with Crippen molar-refractivity contribution in [2.45, 2.75) is 32.0 Å². The molecule has 0 aliphatic heterocycles. The highest BCUT2D eigenvalue weighted by molar-refractivity contribution is 7.96. The lowest BCUT2D eigenvalue weighted by Crippen LogP contribution is -2.42. The average molecular weight is 533 g/mol. The van der Waals surface area contributed by atoms with E-state index in [1.165, 1.54) is 39.4 Å². The van der Waals surface area contributed by atoms with E-state index in [0.717, 1.165) is 18.3 Å². The van der Waals surface area contributed by atoms with Crippen molar-refractivity contribution in [1.29, 1.82) is 0 Å². The van der Waals surface area contributed by atoms with E-state index in [9.17, 15) is 22.4 Å². The number of aliphatic imine (C=N–C) groups is 1. The predicted octanol–water partition coefficient (Wildman–Crippen LogP) is 4.63. The zero-order valence-electron chi connectivity index (χ0n) is 20.4. The van der Waals surface area contributed by atoms with Crippen LogP contribution in [0.1, 0.15) is 36.3 Å². The normalized spacial score (nSPS) is 14.0. The predicted molar refractivity (Wildman–Crippen MR) is 132 cm³/mol. The molecule has 1 aromatic heterocycles. The van der Waals surface area contributed by atoms with E-state index in [4.69, 9.17) is 5.73 Å². The highest BCUT2D eigenvalue weighted by Gasteiger charge is 2.34. The first-order chi connectivity index (χ1) is 16.8. The molecule has 0 aliphatic carbocycles. The van der Waals surface area contributed by atoms with Crippen LogP contribution in [0.5, 0.6) is 0 Å². The number of aromatic nitrogens is 1. The van der Waals surface area contributed by atoms with Gasteiger partial charge in [-0.2, -0.15) is 13.2 Å². The minimum Gasteiger partial charge on any atom is -0.369 e. The van der Waals surface area contributed by atoms with Gasteiger partial charge in [-0.05, 0) is 43.8 Å². The molecule has 1 heterocycles. The van der Waals surface area contributed by atoms with Crippen LogP contribution in [0.25, 0.3) is 0 Å². The number of likely N-dealkylation sites (N-methyl/N-ethyl adjacent to an activating group) is 1. The van der Waals surface area contributed by atoms with Crippen molar-refractivity contribution in [2.75, 3.05) is 38.3 Å². The molecular weight excluding hydrogens is 503 g/mol. The number of halogens is 5. The zero-order chi connectivity index (χ0) is 27.1. The first-order valence-corrected chi connectivity index (χ1v) is 12.1. The number of amides is 1. The summed E-state index contributed by atoms with van der Waals surface area (Å²) >= 11 is 1.25. The van der Waals surface area contributed by atoms with Crippen molar-refractivity contribution in [3.05, 3.63) is 59.4 Å². The molecule has 13 heteroatoms. The Morgan fingerprint density at radius 3 is 2.47 bits per heavy atom. The monoisotopic (exact) mass is 532 g/mol. The highest BCUT2D eigenvalue weighted by Crippen LogP contribution is 2.32. The number of rotatable bonds is 10. The maximum Gasteiger partial charge on any atom is 0.390 e. The van der Waals surface area contributed by atoms with Crippen LogP contribution in [0.2, 0.25) is 0 Å². The fourth-order valence-electron chi connectivity index (χ4n) is 3.39. The number of nitrogens with two attached hydrogens (primary N) is 1. The third-order valence-corrected chi connectivity index (χ3v) is 6.15. The quantitative estimate of drug-likeness (QED) is 0.201. The Kier molecular flexibility index (Phi) is 10.1. The van der Waals surface area contributed by atoms with Crippen LogP contribution in [0, 0.1) is 11.6 Å². The summed E-state index contributed by atoms with van der Waals surface area (Å²) in [6, 6.07) is 6.07. The Hall–Kier alpha value is -2.93. The lowest BCUT2D eigenvalue weighted by atomic mass is 9.90. The molecule has 0 saturated carbocycles. The maximum atomic E-state index is 15.1. The zero-order valence-corrected chi connectivity index (χ0v) is 21.2. The van der Waals surface area contributed by atoms with Crippen LogP contribution in [-0.2, 0) is 5.54 Å². The molecule has 1 aromatic carbocycles. The van der Waals surface area contributed by atoms with Crippen molar-refractivity contribution < 1.29 is 26.7 Å². The molecule has 0 fully saturated rings. The van der Waals surface area contributed by atoms with Crippen molar-refractivity contribution in [1.82, 2.24) is 14.2 Å². The summed E-state index contributed by atoms with van der Waals surface area (Å²) in [5.41, 5.74) is 4.85. The number of nitrogens with one attached hydrogen (secondary N) is 1. The fourth-order valence-corrected chi connectivity index (χ4v) is 3.62. The molecule has 2 aromatic rings. The summed E-state index contributed by atoms with van der Waals surface area (Å²) in [6.07, 6.45) is -2.75. The molecule has 0 spiro atoms. The van der Waals surface area contributed by atoms with Gasteiger partial charge in [0.2, 0.25) is 5.96 Å². The van der Waals surface area contributed by atoms with Crippen molar-refractivity contribution >= 4 is 29.5 Å². The second kappa shape index (κ2) is 12.3. The number of carbonyl (C=O) groups is 1. The lowest BCUT2D eigenvalue weighted by Gasteiger charge is -2.34. The first kappa shape index (κ1) is 29.3. The topological polar surface area (TPSA) is 86.9 Å². The van der Waals surface area contributed by atoms with E-state index < -0.39 is 35.7 Å². The molecule has 7 nitrogen and oxygen atoms in total. The summed E-state index contributed by atoms with van der Waals surface area (Å²) < 4.78 is 68.4. The number of pyridine rings is 1. The molecule has 0 saturated heterocycles. The van der Waals surface area contributed by atoms with Gasteiger partial charge in [-0.3, -0.25) is 9.10 Å². The molecule has 0 unspecified atom stereocenters. The minimum absolute atomic E-state index is 0.0234. The van der Waals surface area contributed by atoms with Crippen LogP contribution in [0.15, 0.2) is 41.5 Å². The number of alkyl halides is 3. The molecule has 1 atom stereocenters. The number of nitrogens with zero attached hydrogens (tertiary/aromatic N) is 4. The Morgan fingerprint density at radius 1 is 1.22 bits per heavy atom. The number of carbonyl (C=O) groups excluding carboxylic acids is 1. The third-order valence-electron chi connectivity index (χ3n) is 5.41. The van der Waals surface area contributed by atoms with Crippen molar-refractivity contribution in [3.8, 4) is 0 Å². The average Bonchev–Trinajstić information content (AvgIpc) is 2.82. The number of hydrogen-bond donors (Lipinski definition) is 2. The van der Waals surface area contributed by atoms with Crippen LogP contribution < -0.4 is 11.1 Å². The summed E-state index contributed by atoms with van der Waals surface area (Å²) in [4.78, 5) is 22.2. The van der Waals surface area contributed by atoms with Gasteiger partial charge in [0.1, 0.15) is 22.9 Å². The van der Waals surface area contributed by atoms with Gasteiger partial charge < -0.3 is 16.0 Å². The molecule has 3 N–H and O–H groups in total. The molecule has 36 heavy (non-hydrogen) atoms. The molecule has 1 amide bonds. The molecular formula is C23H29F5N6OS. The van der Waals surface area contributed by atoms with Crippen molar-refractivity contribution in [3.63, 3.8) is 0 Å². The Balaban J connectivity index is 2.46. The van der Waals surface area contributed by atoms with Gasteiger partial charge in [0.25, 0.3) is 5.91 Å². The Bertz CT molecular complexity index is 1070. The maximum absolute atomic E-state index is 15.1. The van der Waals surface area contributed by atoms with Gasteiger partial charge in [0.05, 0.1) is 12.6 Å². The summed E-state index contributed by atoms with van der Waals surface area (Å²) in [6.45, 7) is 3.14. The van der Waals surface area contributed by atoms with E-state index in [1.807, 2.05) is 0 Å². The van der Waals surface area contributed by atoms with E-state index in [-0.39, 0.29) is 42.5 Å². The van der Waals surface area contributed by atoms with E-state index in [1.54, 1.807) is 27.2 Å². The largest absolute Gasteiger partial charge is 0.390 e. The molecule has 0 radical (unpaired) electrons. The van der Waals surface area contributed by atoms with Gasteiger partial charge in [-0.25, -0.2) is 18.8 Å². The van der Waals surface area contributed by atoms with Crippen molar-refractivity contribution in [2.24, 2.45) is 10.7 Å². The molecule has 0 aliphatic rings. The van der Waals surface area contributed by atoms with E-state index in [0.29, 0.717) is 0 Å². The minimum atomic E-state index is -4.35. The summed E-state index contributed by atoms with van der Waals surface area (Å²) in [5.74, 6) is -1.89. The van der Waals surface area contributed by atoms with Crippen LogP contribution >= 0.6 is 11.9 Å². The smallest absolute Gasteiger partial charge is 0.369 e. The second-order valence-electron chi connectivity index (χ2n) is 8.17. The lowest BCUT2D eigenvalue weighted by molar-refractivity contribution is -0.138. The SMILES string of the molecule is CCN(CCC(F)(F)F)C[C@](C)(N=C(N)N(C)SC)c1cc(NC(=O)c2ccc(F)cn2)ccc1F. The number of guanidine groups is 1. The number of hydrogen-bond acceptors (Lipinski definition) is 5. The fraction of sp³-hybridized carbons (Fsp3) is 0.435. The first-order valence-electron chi connectivity index (χ1n) is 10.9. The van der Waals surface area contributed by atoms with E-state index in [2.05, 4.69) is 15.3 Å². The third kappa shape index (κ3) is 8.33. The highest BCUT2D eigenvalue weighted by atomic mass is 32.2. The Labute approximate surface area is 211 Å². The number of anilines is 1. The molecule has 0 bridgehead atoms. The number of benzene rings is 1. The summed E-state index contributed by atoms with van der Waals surface area (Å²) in [7, 11) is 1.65. The molecule has 198 valence electrons. The summed E-state index contributed by atoms with van der Waals surface area (Å²) in [5, 5.41) is 2.57. The van der Waals surface area contributed by atoms with Crippen LogP contribution in [-0.4, -0.2) is 65.2 Å². The second-order valence-corrected chi connectivity index (χ2v) is 9.08. The van der Waals surface area contributed by atoms with Gasteiger partial charge in [-0.1, -0.05) is 18.9 Å². The van der Waals surface area contributed by atoms with Crippen LogP contribution in [0.4, 0.5) is 27.6 Å². The van der Waals surface area contributed by atoms with Crippen LogP contribution in [0.3, 0.4) is 0 Å². The Morgan fingerprint density at radius 2 is 1.92 bits per heavy atom. The van der Waals surface area contributed by atoms with Gasteiger partial charge in [-0.15, -0.1) is 0 Å². The van der Waals surface area contributed by atoms with Gasteiger partial charge in [0, 0.05) is 37.6 Å². The standard InChI is InChI=1S/C23H29F5N6OS/c1-5-34(11-10-23(26,27)28)14-22(2,32-21(29)33(3)36-4)17-12-16(7-8-18(17)25)31-20(35)19-9-6-15(24)13-30-19/h6-9,12-13H,5,10-11,14H2,1-4H3,(H2,29,32)(H,31,35)/t22-/m0/s1. The van der Waals surface area contributed by atoms with Gasteiger partial charge in [0.15, 0.2) is 0 Å². The molecule has 2 rings (SSSR count). The van der Waals surface area contributed by atoms with E-state index >= 15 is 4.39 Å².